The molecule has 0 aliphatic heterocycles. The number of hydrogen-bond donors (Lipinski definition) is 2. The van der Waals surface area contributed by atoms with Crippen molar-refractivity contribution in [1.29, 1.82) is 5.26 Å². The molecule has 1 aromatic heterocycles. The van der Waals surface area contributed by atoms with Crippen LogP contribution in [0.4, 0.5) is 5.69 Å². The number of nitriles is 1. The molecule has 6 heteroatoms. The summed E-state index contributed by atoms with van der Waals surface area (Å²) >= 11 is 0. The van der Waals surface area contributed by atoms with Crippen LogP contribution >= 0.6 is 0 Å². The van der Waals surface area contributed by atoms with Crippen LogP contribution in [0.5, 0.6) is 0 Å². The smallest absolute Gasteiger partial charge is 0.216 e. The van der Waals surface area contributed by atoms with Gasteiger partial charge < -0.3 is 5.32 Å². The lowest BCUT2D eigenvalue weighted by Gasteiger charge is -2.06. The van der Waals surface area contributed by atoms with Gasteiger partial charge in [0.1, 0.15) is 11.6 Å². The van der Waals surface area contributed by atoms with Gasteiger partial charge in [-0.3, -0.25) is 0 Å². The van der Waals surface area contributed by atoms with Crippen LogP contribution < -0.4 is 5.32 Å². The second-order valence-corrected chi connectivity index (χ2v) is 3.87. The minimum absolute atomic E-state index is 0.273. The van der Waals surface area contributed by atoms with Crippen LogP contribution in [0.1, 0.15) is 17.0 Å². The molecule has 6 nitrogen and oxygen atoms in total. The van der Waals surface area contributed by atoms with Crippen molar-refractivity contribution in [3.8, 4) is 6.07 Å². The first-order valence-corrected chi connectivity index (χ1v) is 5.38. The Morgan fingerprint density at radius 1 is 1.44 bits per heavy atom. The van der Waals surface area contributed by atoms with Gasteiger partial charge in [-0.1, -0.05) is 12.1 Å². The van der Waals surface area contributed by atoms with E-state index in [0.29, 0.717) is 5.57 Å². The summed E-state index contributed by atoms with van der Waals surface area (Å²) in [7, 11) is 0. The number of rotatable bonds is 3. The zero-order valence-corrected chi connectivity index (χ0v) is 10.1. The van der Waals surface area contributed by atoms with Crippen LogP contribution in [0.3, 0.4) is 0 Å². The second-order valence-electron chi connectivity index (χ2n) is 3.87. The van der Waals surface area contributed by atoms with E-state index in [1.165, 1.54) is 0 Å². The van der Waals surface area contributed by atoms with Gasteiger partial charge in [0.2, 0.25) is 5.82 Å². The number of tetrazole rings is 1. The van der Waals surface area contributed by atoms with Crippen LogP contribution in [0.15, 0.2) is 24.4 Å². The van der Waals surface area contributed by atoms with E-state index in [9.17, 15) is 0 Å². The number of aryl methyl sites for hydroxylation is 2. The fourth-order valence-electron chi connectivity index (χ4n) is 1.46. The van der Waals surface area contributed by atoms with Gasteiger partial charge in [0.15, 0.2) is 0 Å². The van der Waals surface area contributed by atoms with Gasteiger partial charge in [0.25, 0.3) is 0 Å². The fourth-order valence-corrected chi connectivity index (χ4v) is 1.46. The van der Waals surface area contributed by atoms with Crippen molar-refractivity contribution >= 4 is 11.3 Å². The van der Waals surface area contributed by atoms with Crippen LogP contribution in [0.2, 0.25) is 0 Å². The van der Waals surface area contributed by atoms with Gasteiger partial charge in [-0.05, 0) is 36.3 Å². The summed E-state index contributed by atoms with van der Waals surface area (Å²) in [4.78, 5) is 0. The predicted octanol–water partition coefficient (Wildman–Crippen LogP) is 1.79. The Labute approximate surface area is 104 Å². The third-order valence-electron chi connectivity index (χ3n) is 2.47. The number of aromatic nitrogens is 4. The first-order chi connectivity index (χ1) is 8.70. The molecule has 0 atom stereocenters. The summed E-state index contributed by atoms with van der Waals surface area (Å²) in [6.45, 7) is 4.01. The summed E-state index contributed by atoms with van der Waals surface area (Å²) in [5.74, 6) is 0.273. The molecule has 0 radical (unpaired) electrons. The van der Waals surface area contributed by atoms with Gasteiger partial charge >= 0.3 is 0 Å². The van der Waals surface area contributed by atoms with Gasteiger partial charge in [-0.15, -0.1) is 10.2 Å². The Morgan fingerprint density at radius 2 is 2.28 bits per heavy atom. The highest BCUT2D eigenvalue weighted by atomic mass is 15.5. The monoisotopic (exact) mass is 240 g/mol. The molecule has 0 aliphatic carbocycles. The first kappa shape index (κ1) is 11.8. The molecule has 0 amide bonds. The lowest BCUT2D eigenvalue weighted by atomic mass is 10.1. The predicted molar refractivity (Wildman–Crippen MR) is 67.3 cm³/mol. The van der Waals surface area contributed by atoms with Crippen molar-refractivity contribution in [2.45, 2.75) is 13.8 Å². The Hall–Kier alpha value is -2.68. The Balaban J connectivity index is 2.24. The maximum Gasteiger partial charge on any atom is 0.216 e. The molecule has 0 bridgehead atoms. The number of hydrogen-bond acceptors (Lipinski definition) is 5. The quantitative estimate of drug-likeness (QED) is 0.798. The zero-order chi connectivity index (χ0) is 13.0. The summed E-state index contributed by atoms with van der Waals surface area (Å²) in [5, 5.41) is 25.4. The van der Waals surface area contributed by atoms with E-state index in [4.69, 9.17) is 5.26 Å². The van der Waals surface area contributed by atoms with E-state index >= 15 is 0 Å². The molecule has 1 aromatic carbocycles. The topological polar surface area (TPSA) is 90.3 Å². The van der Waals surface area contributed by atoms with Crippen molar-refractivity contribution < 1.29 is 0 Å². The number of anilines is 1. The standard InChI is InChI=1S/C12H12N6/c1-8-3-4-9(2)11(5-8)14-7-10(6-13)12-15-17-18-16-12/h3-5,7,14H,1-2H3,(H,15,16,17,18). The minimum Gasteiger partial charge on any atom is -0.360 e. The maximum atomic E-state index is 9.02. The minimum atomic E-state index is 0.273. The highest BCUT2D eigenvalue weighted by molar-refractivity contribution is 5.74. The summed E-state index contributed by atoms with van der Waals surface area (Å²) in [6.07, 6.45) is 1.58. The number of nitrogens with one attached hydrogen (secondary N) is 2. The third kappa shape index (κ3) is 2.52. The number of nitrogens with zero attached hydrogens (tertiary/aromatic N) is 4. The number of allylic oxidation sites excluding steroid dienone is 1. The van der Waals surface area contributed by atoms with E-state index < -0.39 is 0 Å². The largest absolute Gasteiger partial charge is 0.360 e. The van der Waals surface area contributed by atoms with Crippen LogP contribution in [0, 0.1) is 25.2 Å². The van der Waals surface area contributed by atoms with E-state index in [1.54, 1.807) is 6.20 Å². The lowest BCUT2D eigenvalue weighted by molar-refractivity contribution is 0.881. The van der Waals surface area contributed by atoms with Crippen LogP contribution in [-0.4, -0.2) is 20.6 Å². The highest BCUT2D eigenvalue weighted by Crippen LogP contribution is 2.17. The Bertz CT molecular complexity index is 606. The molecule has 2 N–H and O–H groups in total. The van der Waals surface area contributed by atoms with Crippen LogP contribution in [0.25, 0.3) is 5.57 Å². The molecule has 2 rings (SSSR count). The molecule has 0 unspecified atom stereocenters. The van der Waals surface area contributed by atoms with Gasteiger partial charge in [-0.2, -0.15) is 10.5 Å². The van der Waals surface area contributed by atoms with Crippen molar-refractivity contribution in [3.05, 3.63) is 41.4 Å². The van der Waals surface area contributed by atoms with Gasteiger partial charge in [0.05, 0.1) is 0 Å². The van der Waals surface area contributed by atoms with Crippen molar-refractivity contribution in [1.82, 2.24) is 20.6 Å². The molecular weight excluding hydrogens is 228 g/mol. The van der Waals surface area contributed by atoms with E-state index in [1.807, 2.05) is 38.1 Å². The fraction of sp³-hybridized carbons (Fsp3) is 0.167. The lowest BCUT2D eigenvalue weighted by Crippen LogP contribution is -1.95. The molecule has 2 aromatic rings. The van der Waals surface area contributed by atoms with E-state index in [2.05, 4.69) is 25.9 Å². The molecule has 0 aliphatic rings. The number of H-pyrrole nitrogens is 1. The average molecular weight is 240 g/mol. The summed E-state index contributed by atoms with van der Waals surface area (Å²) in [6, 6.07) is 8.09. The van der Waals surface area contributed by atoms with Crippen molar-refractivity contribution in [2.24, 2.45) is 0 Å². The highest BCUT2D eigenvalue weighted by Gasteiger charge is 2.05. The van der Waals surface area contributed by atoms with E-state index in [0.717, 1.165) is 16.8 Å². The molecule has 0 fully saturated rings. The normalized spacial score (nSPS) is 11.1. The van der Waals surface area contributed by atoms with Crippen molar-refractivity contribution in [2.75, 3.05) is 5.32 Å². The van der Waals surface area contributed by atoms with Gasteiger partial charge in [-0.25, -0.2) is 0 Å². The third-order valence-corrected chi connectivity index (χ3v) is 2.47. The van der Waals surface area contributed by atoms with Gasteiger partial charge in [0, 0.05) is 11.9 Å². The second kappa shape index (κ2) is 5.10. The van der Waals surface area contributed by atoms with Crippen LogP contribution in [-0.2, 0) is 0 Å². The summed E-state index contributed by atoms with van der Waals surface area (Å²) in [5.41, 5.74) is 3.52. The molecule has 90 valence electrons. The van der Waals surface area contributed by atoms with E-state index in [-0.39, 0.29) is 5.82 Å². The molecule has 1 heterocycles. The molecule has 0 saturated carbocycles. The summed E-state index contributed by atoms with van der Waals surface area (Å²) < 4.78 is 0. The Kier molecular flexibility index (Phi) is 3.34. The molecule has 0 saturated heterocycles. The average Bonchev–Trinajstić information content (AvgIpc) is 2.88. The Morgan fingerprint density at radius 3 is 2.94 bits per heavy atom. The molecule has 0 spiro atoms. The molecular formula is C12H12N6. The molecule has 18 heavy (non-hydrogen) atoms. The first-order valence-electron chi connectivity index (χ1n) is 5.38. The SMILES string of the molecule is Cc1ccc(C)c(NC=C(C#N)c2nn[nH]n2)c1. The number of benzene rings is 1. The van der Waals surface area contributed by atoms with Crippen molar-refractivity contribution in [3.63, 3.8) is 0 Å². The maximum absolute atomic E-state index is 9.02. The zero-order valence-electron chi connectivity index (χ0n) is 10.1. The number of aromatic amines is 1.